The molecule has 0 aliphatic carbocycles. The number of hydrogen-bond acceptors (Lipinski definition) is 5. The van der Waals surface area contributed by atoms with Crippen LogP contribution in [0.4, 0.5) is 16.5 Å². The molecule has 1 saturated heterocycles. The van der Waals surface area contributed by atoms with E-state index in [9.17, 15) is 4.79 Å². The lowest BCUT2D eigenvalue weighted by Crippen LogP contribution is -2.49. The average molecular weight is 413 g/mol. The summed E-state index contributed by atoms with van der Waals surface area (Å²) in [5.74, 6) is 0.121. The number of nitrogens with zero attached hydrogens (tertiary/aromatic N) is 3. The fraction of sp³-hybridized carbons (Fsp3) is 0.238. The van der Waals surface area contributed by atoms with E-state index in [1.807, 2.05) is 64.9 Å². The van der Waals surface area contributed by atoms with Crippen molar-refractivity contribution in [2.75, 3.05) is 36.4 Å². The van der Waals surface area contributed by atoms with E-state index >= 15 is 0 Å². The van der Waals surface area contributed by atoms with Crippen molar-refractivity contribution in [2.45, 2.75) is 6.42 Å². The van der Waals surface area contributed by atoms with Crippen molar-refractivity contribution in [2.24, 2.45) is 0 Å². The number of carbonyl (C=O) groups excluding carboxylic acids is 1. The van der Waals surface area contributed by atoms with Crippen LogP contribution in [0.25, 0.3) is 0 Å². The first kappa shape index (κ1) is 18.8. The van der Waals surface area contributed by atoms with Gasteiger partial charge in [-0.05, 0) is 24.3 Å². The molecule has 1 amide bonds. The number of rotatable bonds is 5. The summed E-state index contributed by atoms with van der Waals surface area (Å²) >= 11 is 7.81. The maximum Gasteiger partial charge on any atom is 0.228 e. The topological polar surface area (TPSA) is 48.5 Å². The first-order valence-electron chi connectivity index (χ1n) is 9.23. The van der Waals surface area contributed by atoms with E-state index in [1.165, 1.54) is 11.3 Å². The Morgan fingerprint density at radius 3 is 2.50 bits per heavy atom. The van der Waals surface area contributed by atoms with Crippen LogP contribution in [0.5, 0.6) is 0 Å². The van der Waals surface area contributed by atoms with Crippen LogP contribution < -0.4 is 10.2 Å². The summed E-state index contributed by atoms with van der Waals surface area (Å²) in [6.45, 7) is 2.97. The van der Waals surface area contributed by atoms with E-state index in [4.69, 9.17) is 11.6 Å². The maximum atomic E-state index is 12.7. The van der Waals surface area contributed by atoms with E-state index < -0.39 is 0 Å². The second-order valence-electron chi connectivity index (χ2n) is 6.63. The number of aromatic nitrogens is 1. The molecule has 7 heteroatoms. The third-order valence-corrected chi connectivity index (χ3v) is 5.86. The van der Waals surface area contributed by atoms with Gasteiger partial charge in [-0.2, -0.15) is 0 Å². The van der Waals surface area contributed by atoms with Gasteiger partial charge in [0.2, 0.25) is 5.91 Å². The summed E-state index contributed by atoms with van der Waals surface area (Å²) in [7, 11) is 0. The van der Waals surface area contributed by atoms with Gasteiger partial charge in [-0.1, -0.05) is 41.9 Å². The highest BCUT2D eigenvalue weighted by atomic mass is 35.5. The second kappa shape index (κ2) is 8.63. The predicted octanol–water partition coefficient (Wildman–Crippen LogP) is 4.43. The Labute approximate surface area is 173 Å². The number of amides is 1. The number of nitrogens with one attached hydrogen (secondary N) is 1. The molecule has 1 aliphatic heterocycles. The van der Waals surface area contributed by atoms with Crippen LogP contribution in [0.15, 0.2) is 60.0 Å². The van der Waals surface area contributed by atoms with Crippen molar-refractivity contribution >= 4 is 45.4 Å². The number of para-hydroxylation sites is 2. The van der Waals surface area contributed by atoms with Crippen LogP contribution >= 0.6 is 22.9 Å². The molecule has 28 heavy (non-hydrogen) atoms. The molecule has 1 N–H and O–H groups in total. The SMILES string of the molecule is O=C(Cc1csc(Nc2ccccc2)n1)N1CCN(c2ccccc2Cl)CC1. The number of piperazine rings is 1. The highest BCUT2D eigenvalue weighted by Crippen LogP contribution is 2.26. The van der Waals surface area contributed by atoms with Gasteiger partial charge < -0.3 is 15.1 Å². The molecule has 0 unspecified atom stereocenters. The minimum absolute atomic E-state index is 0.121. The van der Waals surface area contributed by atoms with Crippen molar-refractivity contribution in [1.82, 2.24) is 9.88 Å². The van der Waals surface area contributed by atoms with Crippen molar-refractivity contribution in [3.63, 3.8) is 0 Å². The van der Waals surface area contributed by atoms with E-state index in [2.05, 4.69) is 15.2 Å². The molecule has 0 spiro atoms. The van der Waals surface area contributed by atoms with Gasteiger partial charge in [0.05, 0.1) is 22.8 Å². The standard InChI is InChI=1S/C21H21ClN4OS/c22-18-8-4-5-9-19(18)25-10-12-26(13-11-25)20(27)14-17-15-28-21(24-17)23-16-6-2-1-3-7-16/h1-9,15H,10-14H2,(H,23,24). The van der Waals surface area contributed by atoms with Gasteiger partial charge in [0.1, 0.15) is 0 Å². The van der Waals surface area contributed by atoms with Crippen LogP contribution in [0.1, 0.15) is 5.69 Å². The predicted molar refractivity (Wildman–Crippen MR) is 116 cm³/mol. The molecule has 144 valence electrons. The highest BCUT2D eigenvalue weighted by Gasteiger charge is 2.23. The van der Waals surface area contributed by atoms with Gasteiger partial charge in [0.25, 0.3) is 0 Å². The molecule has 3 aromatic rings. The first-order valence-corrected chi connectivity index (χ1v) is 10.5. The molecule has 0 bridgehead atoms. The molecule has 0 saturated carbocycles. The van der Waals surface area contributed by atoms with Crippen LogP contribution in [-0.4, -0.2) is 42.0 Å². The Kier molecular flexibility index (Phi) is 5.78. The maximum absolute atomic E-state index is 12.7. The lowest BCUT2D eigenvalue weighted by Gasteiger charge is -2.36. The van der Waals surface area contributed by atoms with Gasteiger partial charge in [-0.15, -0.1) is 11.3 Å². The zero-order valence-corrected chi connectivity index (χ0v) is 16.9. The molecule has 2 aromatic carbocycles. The number of halogens is 1. The quantitative estimate of drug-likeness (QED) is 0.673. The van der Waals surface area contributed by atoms with Crippen molar-refractivity contribution in [1.29, 1.82) is 0 Å². The molecule has 2 heterocycles. The van der Waals surface area contributed by atoms with E-state index in [0.717, 1.165) is 40.3 Å². The second-order valence-corrected chi connectivity index (χ2v) is 7.90. The van der Waals surface area contributed by atoms with Crippen molar-refractivity contribution in [3.05, 3.63) is 70.7 Å². The Morgan fingerprint density at radius 2 is 1.75 bits per heavy atom. The fourth-order valence-electron chi connectivity index (χ4n) is 3.26. The van der Waals surface area contributed by atoms with E-state index in [1.54, 1.807) is 0 Å². The van der Waals surface area contributed by atoms with Crippen LogP contribution in [0.3, 0.4) is 0 Å². The third-order valence-electron chi connectivity index (χ3n) is 4.73. The zero-order chi connectivity index (χ0) is 19.3. The first-order chi connectivity index (χ1) is 13.7. The fourth-order valence-corrected chi connectivity index (χ4v) is 4.25. The molecule has 1 aliphatic rings. The number of thiazole rings is 1. The van der Waals surface area contributed by atoms with Crippen molar-refractivity contribution < 1.29 is 4.79 Å². The molecular formula is C21H21ClN4OS. The summed E-state index contributed by atoms with van der Waals surface area (Å²) in [6, 6.07) is 17.7. The highest BCUT2D eigenvalue weighted by molar-refractivity contribution is 7.13. The Hall–Kier alpha value is -2.57. The van der Waals surface area contributed by atoms with Gasteiger partial charge in [-0.25, -0.2) is 4.98 Å². The summed E-state index contributed by atoms with van der Waals surface area (Å²) in [4.78, 5) is 21.4. The Bertz CT molecular complexity index is 938. The average Bonchev–Trinajstić information content (AvgIpc) is 3.16. The molecular weight excluding hydrogens is 392 g/mol. The lowest BCUT2D eigenvalue weighted by molar-refractivity contribution is -0.130. The Balaban J connectivity index is 1.31. The molecule has 1 aromatic heterocycles. The smallest absolute Gasteiger partial charge is 0.228 e. The molecule has 5 nitrogen and oxygen atoms in total. The van der Waals surface area contributed by atoms with Crippen molar-refractivity contribution in [3.8, 4) is 0 Å². The van der Waals surface area contributed by atoms with E-state index in [-0.39, 0.29) is 5.91 Å². The number of benzene rings is 2. The normalized spacial score (nSPS) is 14.2. The monoisotopic (exact) mass is 412 g/mol. The van der Waals surface area contributed by atoms with E-state index in [0.29, 0.717) is 19.5 Å². The summed E-state index contributed by atoms with van der Waals surface area (Å²) < 4.78 is 0. The zero-order valence-electron chi connectivity index (χ0n) is 15.3. The molecule has 4 rings (SSSR count). The molecule has 1 fully saturated rings. The Morgan fingerprint density at radius 1 is 1.04 bits per heavy atom. The molecule has 0 radical (unpaired) electrons. The largest absolute Gasteiger partial charge is 0.367 e. The number of anilines is 3. The van der Waals surface area contributed by atoms with Gasteiger partial charge >= 0.3 is 0 Å². The summed E-state index contributed by atoms with van der Waals surface area (Å²) in [5.41, 5.74) is 2.83. The van der Waals surface area contributed by atoms with Crippen LogP contribution in [0.2, 0.25) is 5.02 Å². The summed E-state index contributed by atoms with van der Waals surface area (Å²) in [6.07, 6.45) is 0.332. The minimum atomic E-state index is 0.121. The number of hydrogen-bond donors (Lipinski definition) is 1. The van der Waals surface area contributed by atoms with Gasteiger partial charge in [0.15, 0.2) is 5.13 Å². The van der Waals surface area contributed by atoms with Crippen LogP contribution in [0, 0.1) is 0 Å². The van der Waals surface area contributed by atoms with Crippen LogP contribution in [-0.2, 0) is 11.2 Å². The van der Waals surface area contributed by atoms with Gasteiger partial charge in [0, 0.05) is 37.2 Å². The molecule has 0 atom stereocenters. The van der Waals surface area contributed by atoms with Gasteiger partial charge in [-0.3, -0.25) is 4.79 Å². The minimum Gasteiger partial charge on any atom is -0.367 e. The third kappa shape index (κ3) is 4.46. The number of carbonyl (C=O) groups is 1. The lowest BCUT2D eigenvalue weighted by atomic mass is 10.2. The summed E-state index contributed by atoms with van der Waals surface area (Å²) in [5, 5.41) is 6.77.